The third kappa shape index (κ3) is 3.95. The first-order chi connectivity index (χ1) is 9.75. The van der Waals surface area contributed by atoms with E-state index in [4.69, 9.17) is 0 Å². The van der Waals surface area contributed by atoms with E-state index in [1.165, 1.54) is 11.3 Å². The van der Waals surface area contributed by atoms with Gasteiger partial charge in [0.15, 0.2) is 0 Å². The number of thiazole rings is 1. The van der Waals surface area contributed by atoms with E-state index in [1.54, 1.807) is 12.4 Å². The highest BCUT2D eigenvalue weighted by Gasteiger charge is 2.22. The van der Waals surface area contributed by atoms with E-state index >= 15 is 0 Å². The van der Waals surface area contributed by atoms with Crippen molar-refractivity contribution < 1.29 is 4.79 Å². The first kappa shape index (κ1) is 18.8. The minimum atomic E-state index is 0. The lowest BCUT2D eigenvalue weighted by atomic mass is 10.3. The summed E-state index contributed by atoms with van der Waals surface area (Å²) < 4.78 is 0. The summed E-state index contributed by atoms with van der Waals surface area (Å²) in [5.41, 5.74) is 1.82. The predicted molar refractivity (Wildman–Crippen MR) is 93.4 cm³/mol. The van der Waals surface area contributed by atoms with Crippen LogP contribution >= 0.6 is 36.2 Å². The highest BCUT2D eigenvalue weighted by Crippen LogP contribution is 2.28. The summed E-state index contributed by atoms with van der Waals surface area (Å²) in [4.78, 5) is 23.7. The first-order valence-corrected chi connectivity index (χ1v) is 7.45. The van der Waals surface area contributed by atoms with Crippen molar-refractivity contribution in [2.75, 3.05) is 26.2 Å². The van der Waals surface area contributed by atoms with Crippen LogP contribution in [-0.4, -0.2) is 47.0 Å². The number of carbonyl (C=O) groups excluding carboxylic acids is 1. The van der Waals surface area contributed by atoms with E-state index in [0.29, 0.717) is 0 Å². The molecule has 0 spiro atoms. The SMILES string of the molecule is Cc1nc(-c2ccncc2)sc1C(=O)N1CCNCC1.Cl.Cl. The smallest absolute Gasteiger partial charge is 0.265 e. The van der Waals surface area contributed by atoms with Gasteiger partial charge in [0.25, 0.3) is 5.91 Å². The molecular formula is C14H18Cl2N4OS. The molecule has 1 aliphatic heterocycles. The summed E-state index contributed by atoms with van der Waals surface area (Å²) in [5.74, 6) is 0.0989. The summed E-state index contributed by atoms with van der Waals surface area (Å²) in [5, 5.41) is 4.13. The number of aromatic nitrogens is 2. The molecule has 2 aromatic heterocycles. The van der Waals surface area contributed by atoms with Crippen LogP contribution in [-0.2, 0) is 0 Å². The van der Waals surface area contributed by atoms with Gasteiger partial charge in [-0.1, -0.05) is 0 Å². The van der Waals surface area contributed by atoms with Crippen LogP contribution in [0.2, 0.25) is 0 Å². The Labute approximate surface area is 146 Å². The van der Waals surface area contributed by atoms with E-state index in [1.807, 2.05) is 24.0 Å². The minimum absolute atomic E-state index is 0. The van der Waals surface area contributed by atoms with E-state index in [-0.39, 0.29) is 30.7 Å². The standard InChI is InChI=1S/C14H16N4OS.2ClH/c1-10-12(14(19)18-8-6-16-7-9-18)20-13(17-10)11-2-4-15-5-3-11;;/h2-5,16H,6-9H2,1H3;2*1H. The zero-order valence-electron chi connectivity index (χ0n) is 12.1. The molecule has 1 aliphatic rings. The van der Waals surface area contributed by atoms with Crippen LogP contribution in [0.3, 0.4) is 0 Å². The van der Waals surface area contributed by atoms with E-state index in [9.17, 15) is 4.79 Å². The number of carbonyl (C=O) groups is 1. The molecule has 22 heavy (non-hydrogen) atoms. The normalized spacial score (nSPS) is 14.0. The van der Waals surface area contributed by atoms with Crippen molar-refractivity contribution in [2.24, 2.45) is 0 Å². The maximum atomic E-state index is 12.5. The van der Waals surface area contributed by atoms with Gasteiger partial charge in [-0.2, -0.15) is 0 Å². The van der Waals surface area contributed by atoms with Crippen LogP contribution in [0, 0.1) is 6.92 Å². The Morgan fingerprint density at radius 3 is 2.50 bits per heavy atom. The number of amides is 1. The lowest BCUT2D eigenvalue weighted by Crippen LogP contribution is -2.46. The lowest BCUT2D eigenvalue weighted by molar-refractivity contribution is 0.0740. The fourth-order valence-electron chi connectivity index (χ4n) is 2.22. The van der Waals surface area contributed by atoms with Gasteiger partial charge in [0.1, 0.15) is 9.88 Å². The Bertz CT molecular complexity index is 615. The van der Waals surface area contributed by atoms with Crippen molar-refractivity contribution in [1.29, 1.82) is 0 Å². The van der Waals surface area contributed by atoms with Gasteiger partial charge in [0, 0.05) is 44.1 Å². The maximum Gasteiger partial charge on any atom is 0.265 e. The molecule has 0 unspecified atom stereocenters. The Morgan fingerprint density at radius 2 is 1.86 bits per heavy atom. The fourth-order valence-corrected chi connectivity index (χ4v) is 3.26. The van der Waals surface area contributed by atoms with Gasteiger partial charge in [-0.15, -0.1) is 36.2 Å². The zero-order chi connectivity index (χ0) is 13.9. The fraction of sp³-hybridized carbons (Fsp3) is 0.357. The molecule has 1 fully saturated rings. The first-order valence-electron chi connectivity index (χ1n) is 6.63. The van der Waals surface area contributed by atoms with Crippen LogP contribution in [0.1, 0.15) is 15.4 Å². The van der Waals surface area contributed by atoms with Crippen LogP contribution < -0.4 is 5.32 Å². The molecule has 1 N–H and O–H groups in total. The molecule has 0 radical (unpaired) electrons. The Hall–Kier alpha value is -1.21. The molecule has 0 saturated carbocycles. The number of pyridine rings is 1. The average Bonchev–Trinajstić information content (AvgIpc) is 2.90. The van der Waals surface area contributed by atoms with E-state index in [2.05, 4.69) is 15.3 Å². The number of nitrogens with one attached hydrogen (secondary N) is 1. The third-order valence-electron chi connectivity index (χ3n) is 3.32. The molecule has 0 aliphatic carbocycles. The van der Waals surface area contributed by atoms with Gasteiger partial charge in [0.2, 0.25) is 0 Å². The van der Waals surface area contributed by atoms with Gasteiger partial charge >= 0.3 is 0 Å². The number of piperazine rings is 1. The molecule has 120 valence electrons. The highest BCUT2D eigenvalue weighted by atomic mass is 35.5. The van der Waals surface area contributed by atoms with Crippen molar-refractivity contribution >= 4 is 42.1 Å². The van der Waals surface area contributed by atoms with Crippen LogP contribution in [0.15, 0.2) is 24.5 Å². The van der Waals surface area contributed by atoms with Crippen LogP contribution in [0.25, 0.3) is 10.6 Å². The number of nitrogens with zero attached hydrogens (tertiary/aromatic N) is 3. The molecule has 2 aromatic rings. The topological polar surface area (TPSA) is 58.1 Å². The maximum absolute atomic E-state index is 12.5. The Kier molecular flexibility index (Phi) is 7.22. The Morgan fingerprint density at radius 1 is 1.23 bits per heavy atom. The minimum Gasteiger partial charge on any atom is -0.335 e. The summed E-state index contributed by atoms with van der Waals surface area (Å²) in [7, 11) is 0. The average molecular weight is 361 g/mol. The van der Waals surface area contributed by atoms with Gasteiger partial charge in [-0.3, -0.25) is 9.78 Å². The molecule has 1 amide bonds. The Balaban J connectivity index is 0.00000121. The summed E-state index contributed by atoms with van der Waals surface area (Å²) in [6.45, 7) is 5.15. The largest absolute Gasteiger partial charge is 0.335 e. The third-order valence-corrected chi connectivity index (χ3v) is 4.52. The van der Waals surface area contributed by atoms with Crippen molar-refractivity contribution in [3.05, 3.63) is 35.1 Å². The lowest BCUT2D eigenvalue weighted by Gasteiger charge is -2.27. The van der Waals surface area contributed by atoms with Gasteiger partial charge in [-0.05, 0) is 19.1 Å². The van der Waals surface area contributed by atoms with Crippen molar-refractivity contribution in [1.82, 2.24) is 20.2 Å². The molecule has 0 aromatic carbocycles. The van der Waals surface area contributed by atoms with E-state index in [0.717, 1.165) is 47.3 Å². The van der Waals surface area contributed by atoms with Crippen molar-refractivity contribution in [3.8, 4) is 10.6 Å². The molecule has 8 heteroatoms. The van der Waals surface area contributed by atoms with Crippen molar-refractivity contribution in [3.63, 3.8) is 0 Å². The second-order valence-corrected chi connectivity index (χ2v) is 5.71. The summed E-state index contributed by atoms with van der Waals surface area (Å²) in [6, 6.07) is 3.83. The summed E-state index contributed by atoms with van der Waals surface area (Å²) >= 11 is 1.46. The molecule has 3 rings (SSSR count). The monoisotopic (exact) mass is 360 g/mol. The van der Waals surface area contributed by atoms with E-state index < -0.39 is 0 Å². The summed E-state index contributed by atoms with van der Waals surface area (Å²) in [6.07, 6.45) is 3.48. The van der Waals surface area contributed by atoms with Crippen LogP contribution in [0.4, 0.5) is 0 Å². The van der Waals surface area contributed by atoms with Gasteiger partial charge < -0.3 is 10.2 Å². The molecule has 0 atom stereocenters. The van der Waals surface area contributed by atoms with Crippen molar-refractivity contribution in [2.45, 2.75) is 6.92 Å². The zero-order valence-corrected chi connectivity index (χ0v) is 14.6. The second-order valence-electron chi connectivity index (χ2n) is 4.71. The molecule has 1 saturated heterocycles. The van der Waals surface area contributed by atoms with Crippen LogP contribution in [0.5, 0.6) is 0 Å². The predicted octanol–water partition coefficient (Wildman–Crippen LogP) is 2.40. The second kappa shape index (κ2) is 8.43. The molecule has 5 nitrogen and oxygen atoms in total. The number of halogens is 2. The molecule has 3 heterocycles. The van der Waals surface area contributed by atoms with Gasteiger partial charge in [-0.25, -0.2) is 4.98 Å². The number of rotatable bonds is 2. The molecule has 0 bridgehead atoms. The highest BCUT2D eigenvalue weighted by molar-refractivity contribution is 7.17. The number of aryl methyl sites for hydroxylation is 1. The number of hydrogen-bond acceptors (Lipinski definition) is 5. The molecular weight excluding hydrogens is 343 g/mol. The quantitative estimate of drug-likeness (QED) is 0.893. The van der Waals surface area contributed by atoms with Gasteiger partial charge in [0.05, 0.1) is 5.69 Å². The number of hydrogen-bond donors (Lipinski definition) is 1.